The van der Waals surface area contributed by atoms with E-state index >= 15 is 0 Å². The first-order valence-electron chi connectivity index (χ1n) is 6.87. The van der Waals surface area contributed by atoms with Gasteiger partial charge in [-0.15, -0.1) is 0 Å². The molecule has 5 heteroatoms. The Kier molecular flexibility index (Phi) is 4.66. The van der Waals surface area contributed by atoms with Gasteiger partial charge < -0.3 is 5.11 Å². The van der Waals surface area contributed by atoms with Gasteiger partial charge in [0.2, 0.25) is 0 Å². The lowest BCUT2D eigenvalue weighted by Crippen LogP contribution is -2.43. The maximum atomic E-state index is 13.4. The minimum atomic E-state index is -0.705. The molecule has 0 spiro atoms. The quantitative estimate of drug-likeness (QED) is 0.924. The molecule has 0 aromatic heterocycles. The van der Waals surface area contributed by atoms with Crippen molar-refractivity contribution in [1.82, 2.24) is 4.90 Å². The number of aliphatic carboxylic acids is 1. The highest BCUT2D eigenvalue weighted by Gasteiger charge is 2.39. The van der Waals surface area contributed by atoms with Crippen LogP contribution in [-0.2, 0) is 11.3 Å². The van der Waals surface area contributed by atoms with E-state index in [1.165, 1.54) is 6.07 Å². The third-order valence-electron chi connectivity index (χ3n) is 4.37. The van der Waals surface area contributed by atoms with Gasteiger partial charge in [-0.2, -0.15) is 0 Å². The zero-order chi connectivity index (χ0) is 14.8. The summed E-state index contributed by atoms with van der Waals surface area (Å²) in [6.45, 7) is 3.89. The second-order valence-corrected chi connectivity index (χ2v) is 5.81. The van der Waals surface area contributed by atoms with E-state index in [4.69, 9.17) is 11.6 Å². The fraction of sp³-hybridized carbons (Fsp3) is 0.533. The summed E-state index contributed by atoms with van der Waals surface area (Å²) in [4.78, 5) is 13.5. The summed E-state index contributed by atoms with van der Waals surface area (Å²) in [5.74, 6) is -1.11. The van der Waals surface area contributed by atoms with Crippen LogP contribution in [-0.4, -0.2) is 29.1 Å². The summed E-state index contributed by atoms with van der Waals surface area (Å²) < 4.78 is 13.4. The van der Waals surface area contributed by atoms with E-state index < -0.39 is 17.2 Å². The van der Waals surface area contributed by atoms with Crippen LogP contribution in [0.3, 0.4) is 0 Å². The summed E-state index contributed by atoms with van der Waals surface area (Å²) in [5.41, 5.74) is 0.161. The van der Waals surface area contributed by atoms with Gasteiger partial charge in [-0.05, 0) is 44.0 Å². The minimum Gasteiger partial charge on any atom is -0.481 e. The van der Waals surface area contributed by atoms with E-state index in [1.54, 1.807) is 6.07 Å². The maximum Gasteiger partial charge on any atom is 0.309 e. The Balaban J connectivity index is 2.01. The van der Waals surface area contributed by atoms with E-state index in [1.807, 2.05) is 13.0 Å². The molecule has 1 aliphatic rings. The van der Waals surface area contributed by atoms with Crippen LogP contribution >= 0.6 is 11.6 Å². The van der Waals surface area contributed by atoms with E-state index in [9.17, 15) is 14.3 Å². The molecular weight excluding hydrogens is 281 g/mol. The van der Waals surface area contributed by atoms with E-state index in [-0.39, 0.29) is 5.02 Å². The minimum absolute atomic E-state index is 0.165. The molecule has 0 amide bonds. The Hall–Kier alpha value is -1.13. The SMILES string of the molecule is CCC1(C(=O)O)CCN(Cc2cccc(F)c2Cl)CC1. The molecule has 2 rings (SSSR count). The van der Waals surface area contributed by atoms with Gasteiger partial charge in [-0.1, -0.05) is 30.7 Å². The van der Waals surface area contributed by atoms with Crippen molar-refractivity contribution < 1.29 is 14.3 Å². The van der Waals surface area contributed by atoms with Crippen molar-refractivity contribution in [2.24, 2.45) is 5.41 Å². The van der Waals surface area contributed by atoms with Crippen molar-refractivity contribution in [3.8, 4) is 0 Å². The smallest absolute Gasteiger partial charge is 0.309 e. The Bertz CT molecular complexity index is 499. The van der Waals surface area contributed by atoms with Crippen molar-refractivity contribution >= 4 is 17.6 Å². The summed E-state index contributed by atoms with van der Waals surface area (Å²) >= 11 is 5.95. The zero-order valence-corrected chi connectivity index (χ0v) is 12.3. The van der Waals surface area contributed by atoms with Gasteiger partial charge >= 0.3 is 5.97 Å². The summed E-state index contributed by atoms with van der Waals surface area (Å²) in [6, 6.07) is 4.80. The highest BCUT2D eigenvalue weighted by atomic mass is 35.5. The second-order valence-electron chi connectivity index (χ2n) is 5.43. The van der Waals surface area contributed by atoms with E-state index in [0.29, 0.717) is 38.9 Å². The molecule has 1 fully saturated rings. The number of nitrogens with zero attached hydrogens (tertiary/aromatic N) is 1. The van der Waals surface area contributed by atoms with Gasteiger partial charge in [0, 0.05) is 6.54 Å². The molecule has 0 atom stereocenters. The molecule has 1 saturated heterocycles. The number of carbonyl (C=O) groups is 1. The third kappa shape index (κ3) is 2.96. The van der Waals surface area contributed by atoms with Crippen molar-refractivity contribution in [1.29, 1.82) is 0 Å². The highest BCUT2D eigenvalue weighted by molar-refractivity contribution is 6.31. The topological polar surface area (TPSA) is 40.5 Å². The van der Waals surface area contributed by atoms with Crippen LogP contribution in [0.25, 0.3) is 0 Å². The molecule has 0 aliphatic carbocycles. The van der Waals surface area contributed by atoms with Gasteiger partial charge in [0.15, 0.2) is 0 Å². The number of rotatable bonds is 4. The van der Waals surface area contributed by atoms with Crippen LogP contribution in [0, 0.1) is 11.2 Å². The summed E-state index contributed by atoms with van der Waals surface area (Å²) in [6.07, 6.45) is 1.91. The number of likely N-dealkylation sites (tertiary alicyclic amines) is 1. The number of piperidine rings is 1. The van der Waals surface area contributed by atoms with Gasteiger partial charge in [0.25, 0.3) is 0 Å². The number of carboxylic acid groups (broad SMARTS) is 1. The number of carboxylic acids is 1. The van der Waals surface area contributed by atoms with Gasteiger partial charge in [0.1, 0.15) is 5.82 Å². The average Bonchev–Trinajstić information content (AvgIpc) is 2.44. The number of benzene rings is 1. The lowest BCUT2D eigenvalue weighted by molar-refractivity contribution is -0.152. The normalized spacial score (nSPS) is 18.9. The first-order valence-corrected chi connectivity index (χ1v) is 7.25. The second kappa shape index (κ2) is 6.10. The molecule has 0 radical (unpaired) electrons. The Morgan fingerprint density at radius 2 is 2.10 bits per heavy atom. The Morgan fingerprint density at radius 3 is 2.65 bits per heavy atom. The summed E-state index contributed by atoms with van der Waals surface area (Å²) in [5, 5.41) is 9.52. The molecule has 1 heterocycles. The van der Waals surface area contributed by atoms with Crippen molar-refractivity contribution in [3.63, 3.8) is 0 Å². The molecule has 1 N–H and O–H groups in total. The van der Waals surface area contributed by atoms with Crippen LogP contribution in [0.5, 0.6) is 0 Å². The lowest BCUT2D eigenvalue weighted by Gasteiger charge is -2.38. The Labute approximate surface area is 123 Å². The third-order valence-corrected chi connectivity index (χ3v) is 4.79. The predicted molar refractivity (Wildman–Crippen MR) is 76.3 cm³/mol. The summed E-state index contributed by atoms with van der Waals surface area (Å²) in [7, 11) is 0. The van der Waals surface area contributed by atoms with Crippen molar-refractivity contribution in [2.45, 2.75) is 32.7 Å². The molecule has 1 aromatic carbocycles. The fourth-order valence-corrected chi connectivity index (χ4v) is 2.96. The van der Waals surface area contributed by atoms with Crippen LogP contribution in [0.15, 0.2) is 18.2 Å². The number of hydrogen-bond acceptors (Lipinski definition) is 2. The molecule has 110 valence electrons. The molecule has 0 saturated carbocycles. The van der Waals surface area contributed by atoms with Crippen LogP contribution in [0.2, 0.25) is 5.02 Å². The van der Waals surface area contributed by atoms with Crippen LogP contribution in [0.1, 0.15) is 31.7 Å². The largest absolute Gasteiger partial charge is 0.481 e. The van der Waals surface area contributed by atoms with Gasteiger partial charge in [0.05, 0.1) is 10.4 Å². The highest BCUT2D eigenvalue weighted by Crippen LogP contribution is 2.36. The predicted octanol–water partition coefficient (Wildman–Crippen LogP) is 3.56. The number of halogens is 2. The van der Waals surface area contributed by atoms with E-state index in [2.05, 4.69) is 4.90 Å². The first-order chi connectivity index (χ1) is 9.48. The average molecular weight is 300 g/mol. The molecule has 0 bridgehead atoms. The lowest BCUT2D eigenvalue weighted by atomic mass is 9.76. The van der Waals surface area contributed by atoms with Crippen LogP contribution < -0.4 is 0 Å². The molecular formula is C15H19ClFNO2. The zero-order valence-electron chi connectivity index (χ0n) is 11.5. The van der Waals surface area contributed by atoms with Crippen molar-refractivity contribution in [3.05, 3.63) is 34.6 Å². The maximum absolute atomic E-state index is 13.4. The molecule has 1 aliphatic heterocycles. The standard InChI is InChI=1S/C15H19ClFNO2/c1-2-15(14(19)20)6-8-18(9-7-15)10-11-4-3-5-12(17)13(11)16/h3-5H,2,6-10H2,1H3,(H,19,20). The van der Waals surface area contributed by atoms with Gasteiger partial charge in [-0.25, -0.2) is 4.39 Å². The fourth-order valence-electron chi connectivity index (χ4n) is 2.77. The molecule has 20 heavy (non-hydrogen) atoms. The Morgan fingerprint density at radius 1 is 1.45 bits per heavy atom. The molecule has 0 unspecified atom stereocenters. The van der Waals surface area contributed by atoms with E-state index in [0.717, 1.165) is 5.56 Å². The monoisotopic (exact) mass is 299 g/mol. The molecule has 1 aromatic rings. The van der Waals surface area contributed by atoms with Crippen LogP contribution in [0.4, 0.5) is 4.39 Å². The first kappa shape index (κ1) is 15.3. The van der Waals surface area contributed by atoms with Crippen molar-refractivity contribution in [2.75, 3.05) is 13.1 Å². The molecule has 3 nitrogen and oxygen atoms in total. The number of hydrogen-bond donors (Lipinski definition) is 1. The van der Waals surface area contributed by atoms with Gasteiger partial charge in [-0.3, -0.25) is 9.69 Å².